The second-order valence-corrected chi connectivity index (χ2v) is 7.85. The summed E-state index contributed by atoms with van der Waals surface area (Å²) in [5, 5.41) is 3.21. The summed E-state index contributed by atoms with van der Waals surface area (Å²) in [7, 11) is 1.38. The molecule has 2 heterocycles. The van der Waals surface area contributed by atoms with E-state index in [1.54, 1.807) is 12.1 Å². The molecular weight excluding hydrogens is 356 g/mol. The highest BCUT2D eigenvalue weighted by Gasteiger charge is 2.26. The van der Waals surface area contributed by atoms with E-state index in [2.05, 4.69) is 14.9 Å². The van der Waals surface area contributed by atoms with Crippen molar-refractivity contribution in [2.24, 2.45) is 0 Å². The number of esters is 1. The Hall–Kier alpha value is -2.57. The van der Waals surface area contributed by atoms with Crippen molar-refractivity contribution in [1.82, 2.24) is 19.8 Å². The molecule has 2 aliphatic rings. The van der Waals surface area contributed by atoms with Crippen LogP contribution in [0, 0.1) is 0 Å². The number of piperidine rings is 1. The first-order chi connectivity index (χ1) is 13.7. The van der Waals surface area contributed by atoms with Crippen molar-refractivity contribution in [3.63, 3.8) is 0 Å². The fraction of sp³-hybridized carbons (Fsp3) is 0.571. The standard InChI is InChI=1S/C21H28N4O3/c1-28-20(26)15-7-8-19-18(13-15)22-14-25(19)17-9-11-24(12-10-17)21(27)23-16-5-3-2-4-6-16/h7-8,13-14,16-17H,2-6,9-12H2,1H3,(H,23,27). The Morgan fingerprint density at radius 1 is 1.11 bits per heavy atom. The molecule has 2 amide bonds. The van der Waals surface area contributed by atoms with Gasteiger partial charge in [0.25, 0.3) is 0 Å². The molecule has 1 saturated heterocycles. The third-order valence-corrected chi connectivity index (χ3v) is 6.07. The number of carbonyl (C=O) groups is 2. The number of likely N-dealkylation sites (tertiary alicyclic amines) is 1. The predicted octanol–water partition coefficient (Wildman–Crippen LogP) is 3.50. The van der Waals surface area contributed by atoms with E-state index in [0.717, 1.165) is 49.8 Å². The summed E-state index contributed by atoms with van der Waals surface area (Å²) in [6.45, 7) is 1.51. The highest BCUT2D eigenvalue weighted by Crippen LogP contribution is 2.27. The zero-order valence-corrected chi connectivity index (χ0v) is 16.4. The second kappa shape index (κ2) is 8.20. The van der Waals surface area contributed by atoms with Gasteiger partial charge in [-0.1, -0.05) is 19.3 Å². The smallest absolute Gasteiger partial charge is 0.337 e. The van der Waals surface area contributed by atoms with Crippen LogP contribution in [0.2, 0.25) is 0 Å². The van der Waals surface area contributed by atoms with Crippen molar-refractivity contribution < 1.29 is 14.3 Å². The molecule has 0 atom stereocenters. The SMILES string of the molecule is COC(=O)c1ccc2c(c1)ncn2C1CCN(C(=O)NC2CCCCC2)CC1. The molecule has 7 heteroatoms. The topological polar surface area (TPSA) is 76.5 Å². The van der Waals surface area contributed by atoms with Crippen LogP contribution in [0.15, 0.2) is 24.5 Å². The number of hydrogen-bond acceptors (Lipinski definition) is 4. The molecule has 28 heavy (non-hydrogen) atoms. The van der Waals surface area contributed by atoms with E-state index in [0.29, 0.717) is 17.6 Å². The largest absolute Gasteiger partial charge is 0.465 e. The molecule has 1 aromatic carbocycles. The zero-order chi connectivity index (χ0) is 19.5. The van der Waals surface area contributed by atoms with E-state index in [-0.39, 0.29) is 12.0 Å². The van der Waals surface area contributed by atoms with E-state index in [9.17, 15) is 9.59 Å². The third kappa shape index (κ3) is 3.84. The van der Waals surface area contributed by atoms with Crippen molar-refractivity contribution in [2.45, 2.75) is 57.0 Å². The minimum absolute atomic E-state index is 0.0866. The fourth-order valence-corrected chi connectivity index (χ4v) is 4.43. The van der Waals surface area contributed by atoms with E-state index >= 15 is 0 Å². The number of amides is 2. The monoisotopic (exact) mass is 384 g/mol. The minimum atomic E-state index is -0.353. The number of nitrogens with zero attached hydrogens (tertiary/aromatic N) is 3. The Labute approximate surface area is 165 Å². The Balaban J connectivity index is 1.38. The summed E-state index contributed by atoms with van der Waals surface area (Å²) in [6, 6.07) is 6.22. The Bertz CT molecular complexity index is 848. The Morgan fingerprint density at radius 3 is 2.57 bits per heavy atom. The van der Waals surface area contributed by atoms with Crippen LogP contribution < -0.4 is 5.32 Å². The van der Waals surface area contributed by atoms with Crippen LogP contribution in [-0.2, 0) is 4.74 Å². The molecule has 0 bridgehead atoms. The number of urea groups is 1. The number of hydrogen-bond donors (Lipinski definition) is 1. The van der Waals surface area contributed by atoms with Gasteiger partial charge in [0.05, 0.1) is 30.0 Å². The highest BCUT2D eigenvalue weighted by atomic mass is 16.5. The number of rotatable bonds is 3. The lowest BCUT2D eigenvalue weighted by Gasteiger charge is -2.34. The van der Waals surface area contributed by atoms with Gasteiger partial charge in [-0.3, -0.25) is 0 Å². The van der Waals surface area contributed by atoms with Gasteiger partial charge in [-0.2, -0.15) is 0 Å². The lowest BCUT2D eigenvalue weighted by atomic mass is 9.95. The lowest BCUT2D eigenvalue weighted by Crippen LogP contribution is -2.48. The molecule has 1 aliphatic carbocycles. The number of nitrogens with one attached hydrogen (secondary N) is 1. The van der Waals surface area contributed by atoms with Gasteiger partial charge in [-0.05, 0) is 43.9 Å². The number of aromatic nitrogens is 2. The van der Waals surface area contributed by atoms with Gasteiger partial charge in [0.15, 0.2) is 0 Å². The Kier molecular flexibility index (Phi) is 5.50. The van der Waals surface area contributed by atoms with E-state index in [1.807, 2.05) is 17.3 Å². The van der Waals surface area contributed by atoms with Crippen molar-refractivity contribution in [2.75, 3.05) is 20.2 Å². The van der Waals surface area contributed by atoms with Crippen molar-refractivity contribution in [3.05, 3.63) is 30.1 Å². The number of carbonyl (C=O) groups excluding carboxylic acids is 2. The molecule has 1 aliphatic heterocycles. The Morgan fingerprint density at radius 2 is 1.86 bits per heavy atom. The number of benzene rings is 1. The van der Waals surface area contributed by atoms with Crippen LogP contribution in [0.5, 0.6) is 0 Å². The molecule has 2 fully saturated rings. The summed E-state index contributed by atoms with van der Waals surface area (Å²) in [6.07, 6.45) is 9.60. The summed E-state index contributed by atoms with van der Waals surface area (Å²) < 4.78 is 6.95. The highest BCUT2D eigenvalue weighted by molar-refractivity contribution is 5.93. The third-order valence-electron chi connectivity index (χ3n) is 6.07. The number of ether oxygens (including phenoxy) is 1. The van der Waals surface area contributed by atoms with Gasteiger partial charge in [-0.25, -0.2) is 14.6 Å². The van der Waals surface area contributed by atoms with E-state index in [1.165, 1.54) is 26.4 Å². The summed E-state index contributed by atoms with van der Waals surface area (Å²) in [4.78, 5) is 30.7. The predicted molar refractivity (Wildman–Crippen MR) is 106 cm³/mol. The molecular formula is C21H28N4O3. The molecule has 0 radical (unpaired) electrons. The van der Waals surface area contributed by atoms with E-state index in [4.69, 9.17) is 4.74 Å². The maximum Gasteiger partial charge on any atom is 0.337 e. The summed E-state index contributed by atoms with van der Waals surface area (Å²) in [5.74, 6) is -0.353. The average molecular weight is 384 g/mol. The minimum Gasteiger partial charge on any atom is -0.465 e. The first kappa shape index (κ1) is 18.8. The van der Waals surface area contributed by atoms with Crippen LogP contribution in [0.3, 0.4) is 0 Å². The molecule has 0 spiro atoms. The van der Waals surface area contributed by atoms with Crippen molar-refractivity contribution in [1.29, 1.82) is 0 Å². The molecule has 1 N–H and O–H groups in total. The fourth-order valence-electron chi connectivity index (χ4n) is 4.43. The normalized spacial score (nSPS) is 19.0. The van der Waals surface area contributed by atoms with Gasteiger partial charge in [-0.15, -0.1) is 0 Å². The molecule has 7 nitrogen and oxygen atoms in total. The zero-order valence-electron chi connectivity index (χ0n) is 16.4. The lowest BCUT2D eigenvalue weighted by molar-refractivity contribution is 0.0601. The van der Waals surface area contributed by atoms with Crippen molar-refractivity contribution in [3.8, 4) is 0 Å². The first-order valence-corrected chi connectivity index (χ1v) is 10.3. The number of imidazole rings is 1. The van der Waals surface area contributed by atoms with Gasteiger partial charge in [0, 0.05) is 25.2 Å². The molecule has 1 aromatic heterocycles. The second-order valence-electron chi connectivity index (χ2n) is 7.85. The average Bonchev–Trinajstić information content (AvgIpc) is 3.17. The number of fused-ring (bicyclic) bond motifs is 1. The quantitative estimate of drug-likeness (QED) is 0.822. The van der Waals surface area contributed by atoms with Gasteiger partial charge >= 0.3 is 12.0 Å². The first-order valence-electron chi connectivity index (χ1n) is 10.3. The van der Waals surface area contributed by atoms with Crippen LogP contribution >= 0.6 is 0 Å². The maximum absolute atomic E-state index is 12.6. The molecule has 4 rings (SSSR count). The summed E-state index contributed by atoms with van der Waals surface area (Å²) >= 11 is 0. The van der Waals surface area contributed by atoms with Crippen LogP contribution in [0.4, 0.5) is 4.79 Å². The molecule has 0 unspecified atom stereocenters. The molecule has 150 valence electrons. The molecule has 2 aromatic rings. The van der Waals surface area contributed by atoms with Crippen molar-refractivity contribution >= 4 is 23.0 Å². The molecule has 1 saturated carbocycles. The van der Waals surface area contributed by atoms with Gasteiger partial charge in [0.2, 0.25) is 0 Å². The van der Waals surface area contributed by atoms with Crippen LogP contribution in [0.25, 0.3) is 11.0 Å². The van der Waals surface area contributed by atoms with Gasteiger partial charge < -0.3 is 19.5 Å². The van der Waals surface area contributed by atoms with Gasteiger partial charge in [0.1, 0.15) is 0 Å². The van der Waals surface area contributed by atoms with E-state index < -0.39 is 0 Å². The van der Waals surface area contributed by atoms with Crippen LogP contribution in [0.1, 0.15) is 61.3 Å². The van der Waals surface area contributed by atoms with Crippen LogP contribution in [-0.4, -0.2) is 52.7 Å². The summed E-state index contributed by atoms with van der Waals surface area (Å²) in [5.41, 5.74) is 2.31. The number of methoxy groups -OCH3 is 1. The maximum atomic E-state index is 12.6.